The zero-order valence-electron chi connectivity index (χ0n) is 11.0. The van der Waals surface area contributed by atoms with Gasteiger partial charge in [-0.1, -0.05) is 18.2 Å². The third-order valence-corrected chi connectivity index (χ3v) is 3.29. The maximum Gasteiger partial charge on any atom is 0.416 e. The molecule has 0 bridgehead atoms. The highest BCUT2D eigenvalue weighted by Gasteiger charge is 2.30. The largest absolute Gasteiger partial charge is 0.506 e. The van der Waals surface area contributed by atoms with Crippen molar-refractivity contribution < 1.29 is 18.3 Å². The number of benzene rings is 2. The van der Waals surface area contributed by atoms with E-state index in [4.69, 9.17) is 0 Å². The minimum atomic E-state index is -4.40. The first-order valence-electron chi connectivity index (χ1n) is 6.22. The Bertz CT molecular complexity index is 782. The Morgan fingerprint density at radius 2 is 1.90 bits per heavy atom. The number of fused-ring (bicyclic) bond motifs is 1. The van der Waals surface area contributed by atoms with Gasteiger partial charge in [0.05, 0.1) is 11.1 Å². The summed E-state index contributed by atoms with van der Waals surface area (Å²) in [4.78, 5) is 7.15. The number of phenolic OH excluding ortho intramolecular Hbond substituents is 1. The summed E-state index contributed by atoms with van der Waals surface area (Å²) in [7, 11) is 0. The van der Waals surface area contributed by atoms with Crippen LogP contribution in [0.5, 0.6) is 5.75 Å². The molecule has 2 N–H and O–H groups in total. The van der Waals surface area contributed by atoms with E-state index in [0.29, 0.717) is 22.4 Å². The highest BCUT2D eigenvalue weighted by Crippen LogP contribution is 2.33. The Hall–Kier alpha value is -2.50. The van der Waals surface area contributed by atoms with Crippen molar-refractivity contribution in [2.24, 2.45) is 0 Å². The number of aromatic hydroxyl groups is 1. The van der Waals surface area contributed by atoms with Gasteiger partial charge >= 0.3 is 6.18 Å². The number of halogens is 3. The average molecular weight is 292 g/mol. The fraction of sp³-hybridized carbons (Fsp3) is 0.133. The first-order chi connectivity index (χ1) is 9.86. The van der Waals surface area contributed by atoms with Crippen molar-refractivity contribution in [2.45, 2.75) is 13.1 Å². The summed E-state index contributed by atoms with van der Waals surface area (Å²) < 4.78 is 38.2. The van der Waals surface area contributed by atoms with Gasteiger partial charge < -0.3 is 10.1 Å². The van der Waals surface area contributed by atoms with Gasteiger partial charge in [-0.15, -0.1) is 0 Å². The summed E-state index contributed by atoms with van der Waals surface area (Å²) in [6.07, 6.45) is -4.40. The van der Waals surface area contributed by atoms with Crippen LogP contribution in [0.25, 0.3) is 22.4 Å². The second kappa shape index (κ2) is 4.51. The number of phenols is 1. The number of hydrogen-bond donors (Lipinski definition) is 2. The molecule has 21 heavy (non-hydrogen) atoms. The number of aromatic amines is 1. The number of hydrogen-bond acceptors (Lipinski definition) is 2. The van der Waals surface area contributed by atoms with E-state index in [1.165, 1.54) is 12.1 Å². The number of alkyl halides is 3. The molecule has 6 heteroatoms. The number of imidazole rings is 1. The SMILES string of the molecule is Cc1ccc(O)c2[nH]c(-c3cccc(C(F)(F)F)c3)nc12. The predicted octanol–water partition coefficient (Wildman–Crippen LogP) is 4.26. The van der Waals surface area contributed by atoms with E-state index in [2.05, 4.69) is 9.97 Å². The molecule has 3 aromatic rings. The lowest BCUT2D eigenvalue weighted by molar-refractivity contribution is -0.137. The van der Waals surface area contributed by atoms with E-state index < -0.39 is 11.7 Å². The van der Waals surface area contributed by atoms with Gasteiger partial charge in [0.2, 0.25) is 0 Å². The van der Waals surface area contributed by atoms with Gasteiger partial charge in [0, 0.05) is 5.56 Å². The molecule has 0 aliphatic rings. The highest BCUT2D eigenvalue weighted by atomic mass is 19.4. The molecule has 1 aromatic heterocycles. The van der Waals surface area contributed by atoms with Crippen LogP contribution in [0.4, 0.5) is 13.2 Å². The lowest BCUT2D eigenvalue weighted by Crippen LogP contribution is -2.04. The second-order valence-electron chi connectivity index (χ2n) is 4.79. The van der Waals surface area contributed by atoms with Gasteiger partial charge in [-0.05, 0) is 30.7 Å². The fourth-order valence-corrected chi connectivity index (χ4v) is 2.19. The smallest absolute Gasteiger partial charge is 0.416 e. The molecule has 0 aliphatic carbocycles. The van der Waals surface area contributed by atoms with E-state index in [1.54, 1.807) is 12.1 Å². The molecular formula is C15H11F3N2O. The maximum atomic E-state index is 12.7. The number of H-pyrrole nitrogens is 1. The van der Waals surface area contributed by atoms with Crippen LogP contribution >= 0.6 is 0 Å². The van der Waals surface area contributed by atoms with Crippen LogP contribution in [-0.4, -0.2) is 15.1 Å². The monoisotopic (exact) mass is 292 g/mol. The maximum absolute atomic E-state index is 12.7. The Balaban J connectivity index is 2.17. The Morgan fingerprint density at radius 1 is 1.14 bits per heavy atom. The molecule has 0 saturated heterocycles. The molecule has 0 spiro atoms. The molecule has 1 heterocycles. The number of aromatic nitrogens is 2. The van der Waals surface area contributed by atoms with E-state index in [-0.39, 0.29) is 5.75 Å². The van der Waals surface area contributed by atoms with Crippen molar-refractivity contribution in [2.75, 3.05) is 0 Å². The molecule has 108 valence electrons. The molecule has 0 fully saturated rings. The molecule has 2 aromatic carbocycles. The molecule has 0 amide bonds. The molecule has 0 aliphatic heterocycles. The van der Waals surface area contributed by atoms with Crippen LogP contribution in [0.15, 0.2) is 36.4 Å². The molecule has 3 rings (SSSR count). The third kappa shape index (κ3) is 2.33. The van der Waals surface area contributed by atoms with Crippen molar-refractivity contribution >= 4 is 11.0 Å². The summed E-state index contributed by atoms with van der Waals surface area (Å²) in [5.74, 6) is 0.307. The van der Waals surface area contributed by atoms with Gasteiger partial charge in [-0.3, -0.25) is 0 Å². The summed E-state index contributed by atoms with van der Waals surface area (Å²) in [5, 5.41) is 9.79. The summed E-state index contributed by atoms with van der Waals surface area (Å²) in [6.45, 7) is 1.82. The number of rotatable bonds is 1. The minimum absolute atomic E-state index is 0.0151. The van der Waals surface area contributed by atoms with Crippen molar-refractivity contribution in [1.29, 1.82) is 0 Å². The van der Waals surface area contributed by atoms with E-state index >= 15 is 0 Å². The Labute approximate surface area is 118 Å². The van der Waals surface area contributed by atoms with Crippen molar-refractivity contribution in [1.82, 2.24) is 9.97 Å². The first kappa shape index (κ1) is 13.5. The van der Waals surface area contributed by atoms with Crippen molar-refractivity contribution in [3.63, 3.8) is 0 Å². The van der Waals surface area contributed by atoms with Crippen LogP contribution in [0.3, 0.4) is 0 Å². The van der Waals surface area contributed by atoms with Gasteiger partial charge in [0.1, 0.15) is 17.1 Å². The van der Waals surface area contributed by atoms with Gasteiger partial charge in [0.25, 0.3) is 0 Å². The summed E-state index contributed by atoms with van der Waals surface area (Å²) >= 11 is 0. The quantitative estimate of drug-likeness (QED) is 0.704. The minimum Gasteiger partial charge on any atom is -0.506 e. The third-order valence-electron chi connectivity index (χ3n) is 3.29. The van der Waals surface area contributed by atoms with Crippen LogP contribution in [0, 0.1) is 6.92 Å². The molecule has 0 unspecified atom stereocenters. The molecule has 3 nitrogen and oxygen atoms in total. The Kier molecular flexibility index (Phi) is 2.90. The summed E-state index contributed by atoms with van der Waals surface area (Å²) in [5.41, 5.74) is 1.38. The zero-order valence-corrected chi connectivity index (χ0v) is 11.0. The number of nitrogens with one attached hydrogen (secondary N) is 1. The number of nitrogens with zero attached hydrogens (tertiary/aromatic N) is 1. The van der Waals surface area contributed by atoms with E-state index in [0.717, 1.165) is 17.7 Å². The molecule has 0 atom stereocenters. The normalized spacial score (nSPS) is 12.0. The highest BCUT2D eigenvalue weighted by molar-refractivity contribution is 5.87. The average Bonchev–Trinajstić information content (AvgIpc) is 2.89. The van der Waals surface area contributed by atoms with Crippen molar-refractivity contribution in [3.05, 3.63) is 47.5 Å². The Morgan fingerprint density at radius 3 is 2.57 bits per heavy atom. The zero-order chi connectivity index (χ0) is 15.2. The lowest BCUT2D eigenvalue weighted by Gasteiger charge is -2.07. The predicted molar refractivity (Wildman–Crippen MR) is 72.9 cm³/mol. The first-order valence-corrected chi connectivity index (χ1v) is 6.22. The van der Waals surface area contributed by atoms with E-state index in [1.807, 2.05) is 6.92 Å². The van der Waals surface area contributed by atoms with Crippen LogP contribution in [0.2, 0.25) is 0 Å². The number of aryl methyl sites for hydroxylation is 1. The van der Waals surface area contributed by atoms with Crippen molar-refractivity contribution in [3.8, 4) is 17.1 Å². The van der Waals surface area contributed by atoms with Crippen LogP contribution in [-0.2, 0) is 6.18 Å². The lowest BCUT2D eigenvalue weighted by atomic mass is 10.1. The van der Waals surface area contributed by atoms with Gasteiger partial charge in [0.15, 0.2) is 0 Å². The standard InChI is InChI=1S/C15H11F3N2O/c1-8-5-6-11(21)13-12(8)19-14(20-13)9-3-2-4-10(7-9)15(16,17)18/h2-7,21H,1H3,(H,19,20). The van der Waals surface area contributed by atoms with Crippen LogP contribution in [0.1, 0.15) is 11.1 Å². The summed E-state index contributed by atoms with van der Waals surface area (Å²) in [6, 6.07) is 8.14. The molecule has 0 radical (unpaired) electrons. The van der Waals surface area contributed by atoms with Gasteiger partial charge in [-0.2, -0.15) is 13.2 Å². The fourth-order valence-electron chi connectivity index (χ4n) is 2.19. The molecular weight excluding hydrogens is 281 g/mol. The van der Waals surface area contributed by atoms with Crippen LogP contribution < -0.4 is 0 Å². The van der Waals surface area contributed by atoms with Gasteiger partial charge in [-0.25, -0.2) is 4.98 Å². The second-order valence-corrected chi connectivity index (χ2v) is 4.79. The van der Waals surface area contributed by atoms with E-state index in [9.17, 15) is 18.3 Å². The topological polar surface area (TPSA) is 48.9 Å². The molecule has 0 saturated carbocycles.